The van der Waals surface area contributed by atoms with E-state index in [-0.39, 0.29) is 35.4 Å². The van der Waals surface area contributed by atoms with E-state index in [4.69, 9.17) is 24.9 Å². The minimum atomic E-state index is 0. The van der Waals surface area contributed by atoms with E-state index in [1.165, 1.54) is 19.3 Å². The summed E-state index contributed by atoms with van der Waals surface area (Å²) in [5.74, 6) is 2.51. The summed E-state index contributed by atoms with van der Waals surface area (Å²) < 4.78 is 17.3. The highest BCUT2D eigenvalue weighted by molar-refractivity contribution is 14.0. The van der Waals surface area contributed by atoms with Gasteiger partial charge in [0.2, 0.25) is 0 Å². The zero-order chi connectivity index (χ0) is 18.1. The minimum Gasteiger partial charge on any atom is -0.494 e. The number of halogens is 1. The summed E-state index contributed by atoms with van der Waals surface area (Å²) in [5.41, 5.74) is 7.32. The Morgan fingerprint density at radius 1 is 1.30 bits per heavy atom. The van der Waals surface area contributed by atoms with Crippen molar-refractivity contribution in [2.45, 2.75) is 51.7 Å². The molecule has 3 fully saturated rings. The van der Waals surface area contributed by atoms with Gasteiger partial charge < -0.3 is 25.3 Å². The van der Waals surface area contributed by atoms with E-state index in [1.54, 1.807) is 0 Å². The monoisotopic (exact) mass is 487 g/mol. The van der Waals surface area contributed by atoms with Crippen molar-refractivity contribution in [1.29, 1.82) is 0 Å². The molecular weight excluding hydrogens is 457 g/mol. The lowest BCUT2D eigenvalue weighted by atomic mass is 9.46. The first kappa shape index (κ1) is 20.5. The van der Waals surface area contributed by atoms with Crippen molar-refractivity contribution < 1.29 is 14.2 Å². The summed E-state index contributed by atoms with van der Waals surface area (Å²) in [7, 11) is 0. The lowest BCUT2D eigenvalue weighted by Crippen LogP contribution is -2.65. The number of anilines is 1. The molecule has 1 aromatic carbocycles. The molecular formula is C20H30IN3O3. The lowest BCUT2D eigenvalue weighted by molar-refractivity contribution is -0.164. The van der Waals surface area contributed by atoms with Crippen LogP contribution in [0.15, 0.2) is 23.2 Å². The second-order valence-electron chi connectivity index (χ2n) is 7.44. The number of benzene rings is 1. The standard InChI is InChI=1S/C20H29N3O3.HI/c1-3-24-13-6-7-16(25-4-2)15(12-13)22-19(21)23-17-14-8-11-26-18(14)20(17)9-5-10-20;/h6-7,12,14,17-18H,3-5,8-11H2,1-2H3,(H3,21,22,23);1H. The maximum atomic E-state index is 6.29. The smallest absolute Gasteiger partial charge is 0.193 e. The van der Waals surface area contributed by atoms with E-state index in [0.29, 0.717) is 31.2 Å². The quantitative estimate of drug-likeness (QED) is 0.363. The molecule has 1 aliphatic heterocycles. The van der Waals surface area contributed by atoms with Gasteiger partial charge >= 0.3 is 0 Å². The molecule has 0 amide bonds. The molecule has 1 aromatic rings. The summed E-state index contributed by atoms with van der Waals surface area (Å²) in [6, 6.07) is 6.00. The predicted octanol–water partition coefficient (Wildman–Crippen LogP) is 3.79. The van der Waals surface area contributed by atoms with Crippen molar-refractivity contribution in [3.63, 3.8) is 0 Å². The van der Waals surface area contributed by atoms with Crippen LogP contribution >= 0.6 is 24.0 Å². The Kier molecular flexibility index (Phi) is 6.40. The molecule has 3 unspecified atom stereocenters. The van der Waals surface area contributed by atoms with Gasteiger partial charge in [0.05, 0.1) is 31.0 Å². The van der Waals surface area contributed by atoms with Crippen LogP contribution in [-0.4, -0.2) is 37.9 Å². The number of nitrogens with two attached hydrogens (primary N) is 1. The number of fused-ring (bicyclic) bond motifs is 2. The summed E-state index contributed by atoms with van der Waals surface area (Å²) in [6.45, 7) is 6.00. The van der Waals surface area contributed by atoms with Gasteiger partial charge in [0.15, 0.2) is 5.96 Å². The Morgan fingerprint density at radius 3 is 2.74 bits per heavy atom. The maximum Gasteiger partial charge on any atom is 0.193 e. The lowest BCUT2D eigenvalue weighted by Gasteiger charge is -2.61. The van der Waals surface area contributed by atoms with Crippen molar-refractivity contribution in [3.8, 4) is 11.5 Å². The first-order valence-corrected chi connectivity index (χ1v) is 9.79. The van der Waals surface area contributed by atoms with Crippen molar-refractivity contribution in [2.24, 2.45) is 22.1 Å². The second-order valence-corrected chi connectivity index (χ2v) is 7.44. The van der Waals surface area contributed by atoms with Gasteiger partial charge in [-0.25, -0.2) is 4.99 Å². The summed E-state index contributed by atoms with van der Waals surface area (Å²) in [5, 5.41) is 3.24. The number of hydrogen-bond donors (Lipinski definition) is 2. The van der Waals surface area contributed by atoms with E-state index in [9.17, 15) is 0 Å². The number of ether oxygens (including phenoxy) is 3. The number of hydrogen-bond acceptors (Lipinski definition) is 4. The third kappa shape index (κ3) is 3.60. The Labute approximate surface area is 178 Å². The molecule has 2 aliphatic carbocycles. The van der Waals surface area contributed by atoms with Crippen LogP contribution in [0.3, 0.4) is 0 Å². The Bertz CT molecular complexity index is 693. The van der Waals surface area contributed by atoms with Crippen LogP contribution in [0.5, 0.6) is 11.5 Å². The van der Waals surface area contributed by atoms with Gasteiger partial charge in [-0.2, -0.15) is 0 Å². The molecule has 3 aliphatic rings. The van der Waals surface area contributed by atoms with Crippen LogP contribution in [0.1, 0.15) is 39.5 Å². The van der Waals surface area contributed by atoms with Gasteiger partial charge in [0.25, 0.3) is 0 Å². The second kappa shape index (κ2) is 8.43. The van der Waals surface area contributed by atoms with Gasteiger partial charge in [-0.1, -0.05) is 6.42 Å². The molecule has 6 nitrogen and oxygen atoms in total. The molecule has 27 heavy (non-hydrogen) atoms. The third-order valence-corrected chi connectivity index (χ3v) is 6.09. The van der Waals surface area contributed by atoms with Crippen molar-refractivity contribution in [2.75, 3.05) is 25.1 Å². The molecule has 7 heteroatoms. The van der Waals surface area contributed by atoms with Crippen LogP contribution in [-0.2, 0) is 4.74 Å². The largest absolute Gasteiger partial charge is 0.494 e. The Balaban J connectivity index is 0.00000210. The van der Waals surface area contributed by atoms with E-state index in [2.05, 4.69) is 5.32 Å². The summed E-state index contributed by atoms with van der Waals surface area (Å²) in [4.78, 5) is 4.88. The zero-order valence-electron chi connectivity index (χ0n) is 16.1. The first-order valence-electron chi connectivity index (χ1n) is 9.79. The van der Waals surface area contributed by atoms with E-state index in [0.717, 1.165) is 30.2 Å². The van der Waals surface area contributed by atoms with Gasteiger partial charge in [-0.15, -0.1) is 24.0 Å². The number of nitrogens with zero attached hydrogens (tertiary/aromatic N) is 1. The molecule has 1 heterocycles. The van der Waals surface area contributed by atoms with Crippen LogP contribution < -0.4 is 20.5 Å². The van der Waals surface area contributed by atoms with E-state index >= 15 is 0 Å². The average molecular weight is 487 g/mol. The Hall–Kier alpha value is -1.22. The first-order chi connectivity index (χ1) is 12.7. The van der Waals surface area contributed by atoms with Crippen LogP contribution in [0.4, 0.5) is 5.69 Å². The van der Waals surface area contributed by atoms with E-state index < -0.39 is 0 Å². The number of nitrogens with one attached hydrogen (secondary N) is 1. The molecule has 4 rings (SSSR count). The van der Waals surface area contributed by atoms with Crippen molar-refractivity contribution >= 4 is 35.6 Å². The van der Waals surface area contributed by atoms with Gasteiger partial charge in [-0.05, 0) is 45.2 Å². The number of rotatable bonds is 6. The Morgan fingerprint density at radius 2 is 2.07 bits per heavy atom. The van der Waals surface area contributed by atoms with Gasteiger partial charge in [-0.3, -0.25) is 0 Å². The molecule has 0 aromatic heterocycles. The summed E-state index contributed by atoms with van der Waals surface area (Å²) in [6.07, 6.45) is 5.19. The van der Waals surface area contributed by atoms with Gasteiger partial charge in [0, 0.05) is 24.0 Å². The van der Waals surface area contributed by atoms with E-state index in [1.807, 2.05) is 32.0 Å². The van der Waals surface area contributed by atoms with Crippen LogP contribution in [0, 0.1) is 11.3 Å². The van der Waals surface area contributed by atoms with Crippen LogP contribution in [0.25, 0.3) is 0 Å². The fourth-order valence-corrected chi connectivity index (χ4v) is 4.85. The van der Waals surface area contributed by atoms with Crippen molar-refractivity contribution in [3.05, 3.63) is 18.2 Å². The molecule has 1 spiro atoms. The van der Waals surface area contributed by atoms with Crippen molar-refractivity contribution in [1.82, 2.24) is 0 Å². The topological polar surface area (TPSA) is 78.1 Å². The normalized spacial score (nSPS) is 27.8. The molecule has 0 bridgehead atoms. The van der Waals surface area contributed by atoms with Crippen LogP contribution in [0.2, 0.25) is 0 Å². The minimum absolute atomic E-state index is 0. The molecule has 2 saturated carbocycles. The number of aliphatic imine (C=N–C) groups is 1. The highest BCUT2D eigenvalue weighted by Crippen LogP contribution is 2.64. The fraction of sp³-hybridized carbons (Fsp3) is 0.650. The highest BCUT2D eigenvalue weighted by Gasteiger charge is 2.66. The summed E-state index contributed by atoms with van der Waals surface area (Å²) >= 11 is 0. The van der Waals surface area contributed by atoms with Gasteiger partial charge in [0.1, 0.15) is 11.5 Å². The maximum absolute atomic E-state index is 6.29. The molecule has 3 atom stereocenters. The molecule has 1 saturated heterocycles. The zero-order valence-corrected chi connectivity index (χ0v) is 18.4. The molecule has 0 radical (unpaired) electrons. The third-order valence-electron chi connectivity index (χ3n) is 6.09. The number of guanidine groups is 1. The fourth-order valence-electron chi connectivity index (χ4n) is 4.85. The average Bonchev–Trinajstić information content (AvgIpc) is 2.99. The molecule has 3 N–H and O–H groups in total. The SMILES string of the molecule is CCOc1ccc(OCC)c(NC(N)=NC2C3CCOC3C23CCC3)c1.I. The predicted molar refractivity (Wildman–Crippen MR) is 117 cm³/mol. The highest BCUT2D eigenvalue weighted by atomic mass is 127. The molecule has 150 valence electrons.